The average Bonchev–Trinajstić information content (AvgIpc) is 2.58. The molecule has 0 bridgehead atoms. The molecule has 0 amide bonds. The maximum absolute atomic E-state index is 12.6. The van der Waals surface area contributed by atoms with Gasteiger partial charge in [0.05, 0.1) is 5.02 Å². The molecule has 1 aromatic heterocycles. The topological polar surface area (TPSA) is 39.2 Å². The third kappa shape index (κ3) is 3.81. The number of allylic oxidation sites excluding steroid dienone is 3. The van der Waals surface area contributed by atoms with Crippen molar-refractivity contribution >= 4 is 29.0 Å². The molecule has 2 aromatic rings. The molecule has 116 valence electrons. The minimum atomic E-state index is -0.268. The molecule has 0 saturated carbocycles. The molecule has 0 N–H and O–H groups in total. The van der Waals surface area contributed by atoms with Gasteiger partial charge in [-0.15, -0.1) is 0 Å². The number of Topliss-reactive ketones (excluding diaryl/α,β-unsaturated/α-hetero) is 1. The van der Waals surface area contributed by atoms with Crippen LogP contribution in [0.4, 0.5) is 0 Å². The van der Waals surface area contributed by atoms with Gasteiger partial charge in [-0.05, 0) is 48.9 Å². The molecular weight excluding hydrogens is 333 g/mol. The molecule has 3 rings (SSSR count). The number of pyridine rings is 1. The van der Waals surface area contributed by atoms with Crippen LogP contribution >= 0.6 is 23.2 Å². The second-order valence-corrected chi connectivity index (χ2v) is 5.92. The highest BCUT2D eigenvalue weighted by Gasteiger charge is 2.21. The lowest BCUT2D eigenvalue weighted by Crippen LogP contribution is -2.15. The summed E-state index contributed by atoms with van der Waals surface area (Å²) in [4.78, 5) is 16.5. The molecule has 0 fully saturated rings. The second kappa shape index (κ2) is 6.99. The molecule has 1 aliphatic rings. The van der Waals surface area contributed by atoms with Gasteiger partial charge in [0.25, 0.3) is 0 Å². The number of carbonyl (C=O) groups excluding carboxylic acids is 1. The van der Waals surface area contributed by atoms with Crippen molar-refractivity contribution in [1.29, 1.82) is 0 Å². The highest BCUT2D eigenvalue weighted by molar-refractivity contribution is 6.36. The second-order valence-electron chi connectivity index (χ2n) is 5.08. The monoisotopic (exact) mass is 345 g/mol. The Kier molecular flexibility index (Phi) is 4.79. The number of benzene rings is 1. The predicted molar refractivity (Wildman–Crippen MR) is 91.0 cm³/mol. The molecule has 0 spiro atoms. The molecule has 3 nitrogen and oxygen atoms in total. The van der Waals surface area contributed by atoms with Crippen LogP contribution in [0.3, 0.4) is 0 Å². The number of hydrogen-bond acceptors (Lipinski definition) is 3. The molecular formula is C18H13Cl2NO2. The van der Waals surface area contributed by atoms with Crippen molar-refractivity contribution in [3.05, 3.63) is 82.3 Å². The third-order valence-corrected chi connectivity index (χ3v) is 4.05. The lowest BCUT2D eigenvalue weighted by Gasteiger charge is -2.16. The number of hydrogen-bond donors (Lipinski definition) is 0. The summed E-state index contributed by atoms with van der Waals surface area (Å²) < 4.78 is 5.71. The Morgan fingerprint density at radius 3 is 2.65 bits per heavy atom. The fraction of sp³-hybridized carbons (Fsp3) is 0.111. The van der Waals surface area contributed by atoms with Gasteiger partial charge in [-0.3, -0.25) is 9.78 Å². The molecule has 0 saturated heterocycles. The van der Waals surface area contributed by atoms with E-state index in [1.165, 1.54) is 0 Å². The molecule has 5 heteroatoms. The number of halogens is 2. The molecule has 0 aliphatic heterocycles. The van der Waals surface area contributed by atoms with Crippen LogP contribution in [0, 0.1) is 5.92 Å². The fourth-order valence-electron chi connectivity index (χ4n) is 2.30. The van der Waals surface area contributed by atoms with Gasteiger partial charge in [0, 0.05) is 28.9 Å². The highest BCUT2D eigenvalue weighted by atomic mass is 35.5. The summed E-state index contributed by atoms with van der Waals surface area (Å²) in [5.74, 6) is 1.10. The number of rotatable bonds is 4. The number of nitrogens with zero attached hydrogens (tertiary/aromatic N) is 1. The Bertz CT molecular complexity index is 785. The summed E-state index contributed by atoms with van der Waals surface area (Å²) in [6.45, 7) is 0. The fourth-order valence-corrected chi connectivity index (χ4v) is 2.68. The van der Waals surface area contributed by atoms with E-state index < -0.39 is 0 Å². The van der Waals surface area contributed by atoms with Crippen molar-refractivity contribution < 1.29 is 9.53 Å². The lowest BCUT2D eigenvalue weighted by molar-refractivity contribution is 0.0945. The number of ketones is 1. The zero-order chi connectivity index (χ0) is 16.2. The first-order valence-electron chi connectivity index (χ1n) is 7.09. The van der Waals surface area contributed by atoms with Crippen LogP contribution < -0.4 is 4.74 Å². The highest BCUT2D eigenvalue weighted by Crippen LogP contribution is 2.27. The summed E-state index contributed by atoms with van der Waals surface area (Å²) >= 11 is 12.0. The van der Waals surface area contributed by atoms with E-state index in [9.17, 15) is 4.79 Å². The van der Waals surface area contributed by atoms with Crippen molar-refractivity contribution in [3.8, 4) is 5.75 Å². The average molecular weight is 346 g/mol. The molecule has 1 unspecified atom stereocenters. The quantitative estimate of drug-likeness (QED) is 0.722. The zero-order valence-electron chi connectivity index (χ0n) is 12.1. The summed E-state index contributed by atoms with van der Waals surface area (Å²) in [5, 5.41) is 0.908. The van der Waals surface area contributed by atoms with Gasteiger partial charge in [0.15, 0.2) is 5.78 Å². The maximum Gasteiger partial charge on any atom is 0.171 e. The van der Waals surface area contributed by atoms with E-state index in [1.807, 2.05) is 12.2 Å². The van der Waals surface area contributed by atoms with Gasteiger partial charge in [0.2, 0.25) is 0 Å². The van der Waals surface area contributed by atoms with Gasteiger partial charge in [0.1, 0.15) is 11.5 Å². The third-order valence-electron chi connectivity index (χ3n) is 3.48. The Hall–Kier alpha value is -2.10. The van der Waals surface area contributed by atoms with Gasteiger partial charge in [-0.2, -0.15) is 0 Å². The van der Waals surface area contributed by atoms with Crippen molar-refractivity contribution in [1.82, 2.24) is 4.98 Å². The Balaban J connectivity index is 1.70. The molecule has 1 aliphatic carbocycles. The smallest absolute Gasteiger partial charge is 0.171 e. The minimum Gasteiger partial charge on any atom is -0.458 e. The molecule has 1 atom stereocenters. The molecule has 1 aromatic carbocycles. The largest absolute Gasteiger partial charge is 0.458 e. The van der Waals surface area contributed by atoms with Crippen LogP contribution in [0.2, 0.25) is 10.0 Å². The van der Waals surface area contributed by atoms with E-state index >= 15 is 0 Å². The van der Waals surface area contributed by atoms with E-state index in [1.54, 1.807) is 48.8 Å². The van der Waals surface area contributed by atoms with Gasteiger partial charge < -0.3 is 4.74 Å². The van der Waals surface area contributed by atoms with Crippen LogP contribution in [-0.2, 0) is 0 Å². The van der Waals surface area contributed by atoms with Crippen LogP contribution in [0.5, 0.6) is 5.75 Å². The number of carbonyl (C=O) groups is 1. The Labute approximate surface area is 144 Å². The minimum absolute atomic E-state index is 0.0482. The normalized spacial score (nSPS) is 16.8. The standard InChI is InChI=1S/C18H13Cl2NO2/c19-13-3-6-17(20)16(11-13)18(22)12-1-4-14(5-2-12)23-15-7-9-21-10-8-15/h1,3-12H,2H2. The summed E-state index contributed by atoms with van der Waals surface area (Å²) in [5.41, 5.74) is 0.445. The van der Waals surface area contributed by atoms with Crippen molar-refractivity contribution in [2.45, 2.75) is 6.42 Å². The summed E-state index contributed by atoms with van der Waals surface area (Å²) in [6, 6.07) is 8.46. The van der Waals surface area contributed by atoms with Crippen LogP contribution in [0.15, 0.2) is 66.7 Å². The Morgan fingerprint density at radius 2 is 1.96 bits per heavy atom. The number of aromatic nitrogens is 1. The first-order chi connectivity index (χ1) is 11.1. The summed E-state index contributed by atoms with van der Waals surface area (Å²) in [6.07, 6.45) is 9.40. The SMILES string of the molecule is O=C(c1cc(Cl)ccc1Cl)C1C=CC(Oc2ccncc2)=CC1. The van der Waals surface area contributed by atoms with E-state index in [0.29, 0.717) is 33.5 Å². The van der Waals surface area contributed by atoms with Crippen molar-refractivity contribution in [2.24, 2.45) is 5.92 Å². The Morgan fingerprint density at radius 1 is 1.17 bits per heavy atom. The van der Waals surface area contributed by atoms with Gasteiger partial charge in [-0.25, -0.2) is 0 Å². The zero-order valence-corrected chi connectivity index (χ0v) is 13.6. The van der Waals surface area contributed by atoms with Gasteiger partial charge in [-0.1, -0.05) is 29.3 Å². The number of ether oxygens (including phenoxy) is 1. The van der Waals surface area contributed by atoms with E-state index in [0.717, 1.165) is 0 Å². The summed E-state index contributed by atoms with van der Waals surface area (Å²) in [7, 11) is 0. The van der Waals surface area contributed by atoms with Crippen molar-refractivity contribution in [2.75, 3.05) is 0 Å². The van der Waals surface area contributed by atoms with E-state index in [4.69, 9.17) is 27.9 Å². The van der Waals surface area contributed by atoms with Crippen LogP contribution in [0.1, 0.15) is 16.8 Å². The maximum atomic E-state index is 12.6. The van der Waals surface area contributed by atoms with Crippen LogP contribution in [0.25, 0.3) is 0 Å². The van der Waals surface area contributed by atoms with E-state index in [-0.39, 0.29) is 11.7 Å². The molecule has 23 heavy (non-hydrogen) atoms. The molecule has 0 radical (unpaired) electrons. The van der Waals surface area contributed by atoms with Crippen molar-refractivity contribution in [3.63, 3.8) is 0 Å². The van der Waals surface area contributed by atoms with Gasteiger partial charge >= 0.3 is 0 Å². The predicted octanol–water partition coefficient (Wildman–Crippen LogP) is 5.11. The first-order valence-corrected chi connectivity index (χ1v) is 7.84. The molecule has 1 heterocycles. The van der Waals surface area contributed by atoms with Crippen LogP contribution in [-0.4, -0.2) is 10.8 Å². The lowest BCUT2D eigenvalue weighted by atomic mass is 9.91. The first kappa shape index (κ1) is 15.8. The van der Waals surface area contributed by atoms with E-state index in [2.05, 4.69) is 4.98 Å².